The summed E-state index contributed by atoms with van der Waals surface area (Å²) in [4.78, 5) is 17.4. The van der Waals surface area contributed by atoms with E-state index in [0.29, 0.717) is 5.92 Å². The standard InChI is InChI=1S/C14H24N4O/c1-4-5-17-12-6-13(8-16-7-12)18(9-11(2)3)10-14(15)19/h6-8,11,17H,4-5,9-10H2,1-3H3,(H2,15,19). The zero-order valence-electron chi connectivity index (χ0n) is 12.0. The number of rotatable bonds is 8. The van der Waals surface area contributed by atoms with Crippen LogP contribution < -0.4 is 16.0 Å². The number of aromatic nitrogens is 1. The van der Waals surface area contributed by atoms with Crippen LogP contribution in [0.15, 0.2) is 18.5 Å². The van der Waals surface area contributed by atoms with Gasteiger partial charge in [0.25, 0.3) is 0 Å². The molecule has 0 saturated carbocycles. The molecule has 0 aromatic carbocycles. The molecule has 5 heteroatoms. The summed E-state index contributed by atoms with van der Waals surface area (Å²) in [5.74, 6) is 0.124. The lowest BCUT2D eigenvalue weighted by Gasteiger charge is -2.25. The number of anilines is 2. The number of carbonyl (C=O) groups excluding carboxylic acids is 1. The number of nitrogens with zero attached hydrogens (tertiary/aromatic N) is 2. The monoisotopic (exact) mass is 264 g/mol. The van der Waals surface area contributed by atoms with Gasteiger partial charge in [-0.3, -0.25) is 9.78 Å². The molecule has 0 aliphatic heterocycles. The van der Waals surface area contributed by atoms with E-state index in [2.05, 4.69) is 31.1 Å². The number of amides is 1. The average Bonchev–Trinajstić information content (AvgIpc) is 2.35. The second-order valence-corrected chi connectivity index (χ2v) is 5.10. The Morgan fingerprint density at radius 1 is 1.47 bits per heavy atom. The second-order valence-electron chi connectivity index (χ2n) is 5.10. The number of primary amides is 1. The smallest absolute Gasteiger partial charge is 0.236 e. The predicted molar refractivity (Wildman–Crippen MR) is 79.3 cm³/mol. The van der Waals surface area contributed by atoms with Crippen molar-refractivity contribution < 1.29 is 4.79 Å². The molecule has 106 valence electrons. The highest BCUT2D eigenvalue weighted by Gasteiger charge is 2.12. The van der Waals surface area contributed by atoms with Gasteiger partial charge in [0.2, 0.25) is 5.91 Å². The molecule has 0 aliphatic rings. The number of carbonyl (C=O) groups is 1. The lowest BCUT2D eigenvalue weighted by Crippen LogP contribution is -2.36. The van der Waals surface area contributed by atoms with E-state index in [4.69, 9.17) is 5.73 Å². The van der Waals surface area contributed by atoms with Crippen LogP contribution in [0.3, 0.4) is 0 Å². The maximum Gasteiger partial charge on any atom is 0.236 e. The van der Waals surface area contributed by atoms with Crippen LogP contribution in [0.2, 0.25) is 0 Å². The Labute approximate surface area is 115 Å². The summed E-state index contributed by atoms with van der Waals surface area (Å²) in [7, 11) is 0. The summed E-state index contributed by atoms with van der Waals surface area (Å²) in [5, 5.41) is 3.29. The molecule has 0 spiro atoms. The number of hydrogen-bond donors (Lipinski definition) is 2. The van der Waals surface area contributed by atoms with Crippen LogP contribution in [0.4, 0.5) is 11.4 Å². The van der Waals surface area contributed by atoms with E-state index in [0.717, 1.165) is 30.9 Å². The van der Waals surface area contributed by atoms with E-state index in [1.165, 1.54) is 0 Å². The van der Waals surface area contributed by atoms with Crippen LogP contribution in [0.5, 0.6) is 0 Å². The van der Waals surface area contributed by atoms with Crippen molar-refractivity contribution >= 4 is 17.3 Å². The highest BCUT2D eigenvalue weighted by atomic mass is 16.1. The zero-order chi connectivity index (χ0) is 14.3. The van der Waals surface area contributed by atoms with Crippen molar-refractivity contribution in [2.24, 2.45) is 11.7 Å². The molecule has 0 unspecified atom stereocenters. The Morgan fingerprint density at radius 2 is 2.21 bits per heavy atom. The lowest BCUT2D eigenvalue weighted by molar-refractivity contribution is -0.116. The first-order valence-corrected chi connectivity index (χ1v) is 6.75. The number of nitrogens with two attached hydrogens (primary N) is 1. The zero-order valence-corrected chi connectivity index (χ0v) is 12.0. The van der Waals surface area contributed by atoms with E-state index in [1.54, 1.807) is 12.4 Å². The Bertz CT molecular complexity index is 406. The van der Waals surface area contributed by atoms with Crippen molar-refractivity contribution in [3.8, 4) is 0 Å². The fourth-order valence-electron chi connectivity index (χ4n) is 1.86. The summed E-state index contributed by atoms with van der Waals surface area (Å²) in [6.45, 7) is 8.24. The van der Waals surface area contributed by atoms with Gasteiger partial charge in [-0.1, -0.05) is 20.8 Å². The molecule has 1 amide bonds. The van der Waals surface area contributed by atoms with Gasteiger partial charge in [-0.25, -0.2) is 0 Å². The molecular weight excluding hydrogens is 240 g/mol. The van der Waals surface area contributed by atoms with Crippen molar-refractivity contribution in [2.75, 3.05) is 29.9 Å². The highest BCUT2D eigenvalue weighted by molar-refractivity contribution is 5.79. The van der Waals surface area contributed by atoms with Gasteiger partial charge in [0.05, 0.1) is 30.3 Å². The third-order valence-electron chi connectivity index (χ3n) is 2.60. The minimum Gasteiger partial charge on any atom is -0.384 e. The first-order valence-electron chi connectivity index (χ1n) is 6.75. The molecule has 0 saturated heterocycles. The quantitative estimate of drug-likeness (QED) is 0.751. The van der Waals surface area contributed by atoms with Gasteiger partial charge in [-0.05, 0) is 18.4 Å². The van der Waals surface area contributed by atoms with Crippen molar-refractivity contribution in [1.29, 1.82) is 0 Å². The van der Waals surface area contributed by atoms with Gasteiger partial charge in [-0.15, -0.1) is 0 Å². The van der Waals surface area contributed by atoms with E-state index < -0.39 is 0 Å². The third kappa shape index (κ3) is 5.59. The Balaban J connectivity index is 2.84. The predicted octanol–water partition coefficient (Wildman–Crippen LogP) is 1.85. The van der Waals surface area contributed by atoms with Gasteiger partial charge in [0.1, 0.15) is 0 Å². The number of nitrogens with one attached hydrogen (secondary N) is 1. The van der Waals surface area contributed by atoms with Crippen LogP contribution in [0.1, 0.15) is 27.2 Å². The second kappa shape index (κ2) is 7.61. The molecule has 0 atom stereocenters. The van der Waals surface area contributed by atoms with E-state index in [-0.39, 0.29) is 12.5 Å². The van der Waals surface area contributed by atoms with Crippen molar-refractivity contribution in [3.05, 3.63) is 18.5 Å². The summed E-state index contributed by atoms with van der Waals surface area (Å²) in [5.41, 5.74) is 7.20. The molecule has 0 bridgehead atoms. The fourth-order valence-corrected chi connectivity index (χ4v) is 1.86. The van der Waals surface area contributed by atoms with Crippen LogP contribution in [0.25, 0.3) is 0 Å². The SMILES string of the molecule is CCCNc1cncc(N(CC(N)=O)CC(C)C)c1. The molecule has 19 heavy (non-hydrogen) atoms. The minimum atomic E-state index is -0.326. The summed E-state index contributed by atoms with van der Waals surface area (Å²) < 4.78 is 0. The van der Waals surface area contributed by atoms with Gasteiger partial charge >= 0.3 is 0 Å². The highest BCUT2D eigenvalue weighted by Crippen LogP contribution is 2.18. The first kappa shape index (κ1) is 15.3. The molecule has 5 nitrogen and oxygen atoms in total. The molecule has 1 rings (SSSR count). The molecule has 1 aromatic heterocycles. The fraction of sp³-hybridized carbons (Fsp3) is 0.571. The topological polar surface area (TPSA) is 71.2 Å². The van der Waals surface area contributed by atoms with E-state index in [1.807, 2.05) is 11.0 Å². The maximum absolute atomic E-state index is 11.2. The van der Waals surface area contributed by atoms with Gasteiger partial charge < -0.3 is 16.0 Å². The lowest BCUT2D eigenvalue weighted by atomic mass is 10.2. The van der Waals surface area contributed by atoms with E-state index >= 15 is 0 Å². The van der Waals surface area contributed by atoms with Gasteiger partial charge in [-0.2, -0.15) is 0 Å². The number of hydrogen-bond acceptors (Lipinski definition) is 4. The van der Waals surface area contributed by atoms with Gasteiger partial charge in [0, 0.05) is 13.1 Å². The Hall–Kier alpha value is -1.78. The summed E-state index contributed by atoms with van der Waals surface area (Å²) in [6, 6.07) is 2.01. The van der Waals surface area contributed by atoms with Gasteiger partial charge in [0.15, 0.2) is 0 Å². The summed E-state index contributed by atoms with van der Waals surface area (Å²) >= 11 is 0. The van der Waals surface area contributed by atoms with Crippen LogP contribution >= 0.6 is 0 Å². The molecule has 0 aliphatic carbocycles. The van der Waals surface area contributed by atoms with Crippen LogP contribution in [-0.2, 0) is 4.79 Å². The van der Waals surface area contributed by atoms with Crippen LogP contribution in [-0.4, -0.2) is 30.5 Å². The minimum absolute atomic E-state index is 0.219. The van der Waals surface area contributed by atoms with Crippen molar-refractivity contribution in [3.63, 3.8) is 0 Å². The molecule has 3 N–H and O–H groups in total. The Kier molecular flexibility index (Phi) is 6.12. The number of pyridine rings is 1. The summed E-state index contributed by atoms with van der Waals surface area (Å²) in [6.07, 6.45) is 4.61. The molecular formula is C14H24N4O. The maximum atomic E-state index is 11.2. The normalized spacial score (nSPS) is 10.5. The molecule has 1 aromatic rings. The van der Waals surface area contributed by atoms with Crippen molar-refractivity contribution in [1.82, 2.24) is 4.98 Å². The largest absolute Gasteiger partial charge is 0.384 e. The molecule has 0 radical (unpaired) electrons. The third-order valence-corrected chi connectivity index (χ3v) is 2.60. The average molecular weight is 264 g/mol. The molecule has 0 fully saturated rings. The van der Waals surface area contributed by atoms with Crippen molar-refractivity contribution in [2.45, 2.75) is 27.2 Å². The first-order chi connectivity index (χ1) is 9.02. The van der Waals surface area contributed by atoms with E-state index in [9.17, 15) is 4.79 Å². The Morgan fingerprint density at radius 3 is 2.79 bits per heavy atom. The van der Waals surface area contributed by atoms with Crippen LogP contribution in [0, 0.1) is 5.92 Å². The molecule has 1 heterocycles.